The summed E-state index contributed by atoms with van der Waals surface area (Å²) < 4.78 is 1.70. The first kappa shape index (κ1) is 10.6. The van der Waals surface area contributed by atoms with E-state index in [0.29, 0.717) is 5.57 Å². The molecule has 0 bridgehead atoms. The van der Waals surface area contributed by atoms with Crippen LogP contribution in [-0.4, -0.2) is 21.6 Å². The number of carbonyl (C=O) groups is 2. The number of hydrogen-bond donors (Lipinski definition) is 1. The molecule has 0 saturated carbocycles. The van der Waals surface area contributed by atoms with Crippen molar-refractivity contribution >= 4 is 17.4 Å². The number of amides is 2. The van der Waals surface area contributed by atoms with Crippen LogP contribution >= 0.6 is 0 Å². The topological polar surface area (TPSA) is 64.0 Å². The molecule has 0 aliphatic carbocycles. The van der Waals surface area contributed by atoms with Crippen molar-refractivity contribution in [2.75, 3.05) is 0 Å². The van der Waals surface area contributed by atoms with Crippen molar-refractivity contribution in [3.8, 4) is 0 Å². The van der Waals surface area contributed by atoms with Gasteiger partial charge in [-0.05, 0) is 19.4 Å². The van der Waals surface area contributed by atoms with E-state index in [9.17, 15) is 9.59 Å². The summed E-state index contributed by atoms with van der Waals surface area (Å²) in [6.07, 6.45) is 2.02. The minimum absolute atomic E-state index is 0.166. The van der Waals surface area contributed by atoms with E-state index >= 15 is 0 Å². The predicted octanol–water partition coefficient (Wildman–Crippen LogP) is 0.549. The number of allylic oxidation sites excluding steroid dienone is 1. The molecule has 2 amide bonds. The Morgan fingerprint density at radius 1 is 1.50 bits per heavy atom. The Hall–Kier alpha value is -1.91. The molecule has 1 saturated heterocycles. The number of nitrogens with one attached hydrogen (secondary N) is 1. The van der Waals surface area contributed by atoms with Gasteiger partial charge in [-0.1, -0.05) is 0 Å². The molecular formula is C11H13N3O2. The summed E-state index contributed by atoms with van der Waals surface area (Å²) in [5, 5.41) is 6.49. The summed E-state index contributed by atoms with van der Waals surface area (Å²) in [6, 6.07) is 0. The maximum atomic E-state index is 11.5. The van der Waals surface area contributed by atoms with Gasteiger partial charge in [0.05, 0.1) is 12.1 Å². The Labute approximate surface area is 93.1 Å². The molecule has 1 aliphatic rings. The summed E-state index contributed by atoms with van der Waals surface area (Å²) in [6.45, 7) is 3.73. The Kier molecular flexibility index (Phi) is 2.38. The van der Waals surface area contributed by atoms with Crippen LogP contribution in [0.2, 0.25) is 0 Å². The van der Waals surface area contributed by atoms with Crippen LogP contribution in [0.15, 0.2) is 11.8 Å². The van der Waals surface area contributed by atoms with E-state index in [1.165, 1.54) is 0 Å². The van der Waals surface area contributed by atoms with Crippen LogP contribution in [-0.2, 0) is 16.6 Å². The molecule has 0 unspecified atom stereocenters. The third-order valence-electron chi connectivity index (χ3n) is 2.73. The predicted molar refractivity (Wildman–Crippen MR) is 58.3 cm³/mol. The van der Waals surface area contributed by atoms with Gasteiger partial charge in [-0.3, -0.25) is 19.6 Å². The average molecular weight is 219 g/mol. The van der Waals surface area contributed by atoms with Crippen LogP contribution in [0, 0.1) is 6.92 Å². The number of carbonyl (C=O) groups excluding carboxylic acids is 2. The zero-order chi connectivity index (χ0) is 11.9. The molecule has 5 heteroatoms. The number of aromatic nitrogens is 2. The molecule has 0 spiro atoms. The fourth-order valence-corrected chi connectivity index (χ4v) is 1.92. The number of imide groups is 1. The van der Waals surface area contributed by atoms with Gasteiger partial charge < -0.3 is 0 Å². The first-order valence-corrected chi connectivity index (χ1v) is 5.03. The summed E-state index contributed by atoms with van der Waals surface area (Å²) in [4.78, 5) is 22.6. The van der Waals surface area contributed by atoms with E-state index in [4.69, 9.17) is 0 Å². The first-order chi connectivity index (χ1) is 7.49. The SMILES string of the molecule is CC(=C1CC(=O)NC1=O)c1cn(C)nc1C. The number of nitrogens with zero attached hydrogens (tertiary/aromatic N) is 2. The third-order valence-corrected chi connectivity index (χ3v) is 2.73. The Morgan fingerprint density at radius 3 is 2.62 bits per heavy atom. The van der Waals surface area contributed by atoms with Gasteiger partial charge in [0.1, 0.15) is 0 Å². The molecule has 16 heavy (non-hydrogen) atoms. The lowest BCUT2D eigenvalue weighted by Gasteiger charge is -2.01. The lowest BCUT2D eigenvalue weighted by atomic mass is 10.0. The van der Waals surface area contributed by atoms with Crippen molar-refractivity contribution in [2.45, 2.75) is 20.3 Å². The van der Waals surface area contributed by atoms with E-state index in [1.807, 2.05) is 27.1 Å². The van der Waals surface area contributed by atoms with Crippen LogP contribution < -0.4 is 5.32 Å². The first-order valence-electron chi connectivity index (χ1n) is 5.03. The van der Waals surface area contributed by atoms with Gasteiger partial charge in [-0.2, -0.15) is 5.10 Å². The van der Waals surface area contributed by atoms with Crippen molar-refractivity contribution in [1.29, 1.82) is 0 Å². The Morgan fingerprint density at radius 2 is 2.19 bits per heavy atom. The van der Waals surface area contributed by atoms with E-state index in [-0.39, 0.29) is 18.2 Å². The normalized spacial score (nSPS) is 18.9. The van der Waals surface area contributed by atoms with E-state index in [0.717, 1.165) is 16.8 Å². The standard InChI is InChI=1S/C11H13N3O2/c1-6(8-4-10(15)12-11(8)16)9-5-14(3)13-7(9)2/h5H,4H2,1-3H3,(H,12,15,16). The molecule has 1 aromatic rings. The second kappa shape index (κ2) is 3.59. The van der Waals surface area contributed by atoms with Crippen LogP contribution in [0.1, 0.15) is 24.6 Å². The van der Waals surface area contributed by atoms with Gasteiger partial charge in [-0.25, -0.2) is 0 Å². The van der Waals surface area contributed by atoms with Crippen LogP contribution in [0.3, 0.4) is 0 Å². The Bertz CT molecular complexity index is 511. The zero-order valence-electron chi connectivity index (χ0n) is 9.50. The van der Waals surface area contributed by atoms with Gasteiger partial charge in [0.15, 0.2) is 0 Å². The smallest absolute Gasteiger partial charge is 0.254 e. The summed E-state index contributed by atoms with van der Waals surface area (Å²) >= 11 is 0. The monoisotopic (exact) mass is 219 g/mol. The molecule has 0 aromatic carbocycles. The highest BCUT2D eigenvalue weighted by Crippen LogP contribution is 2.25. The molecule has 1 aliphatic heterocycles. The second-order valence-corrected chi connectivity index (χ2v) is 3.96. The molecule has 1 aromatic heterocycles. The maximum Gasteiger partial charge on any atom is 0.254 e. The second-order valence-electron chi connectivity index (χ2n) is 3.96. The average Bonchev–Trinajstić information content (AvgIpc) is 2.68. The van der Waals surface area contributed by atoms with Crippen LogP contribution in [0.4, 0.5) is 0 Å². The molecule has 84 valence electrons. The van der Waals surface area contributed by atoms with Gasteiger partial charge in [-0.15, -0.1) is 0 Å². The fourth-order valence-electron chi connectivity index (χ4n) is 1.92. The Balaban J connectivity index is 2.48. The van der Waals surface area contributed by atoms with Crippen LogP contribution in [0.25, 0.3) is 5.57 Å². The highest BCUT2D eigenvalue weighted by atomic mass is 16.2. The van der Waals surface area contributed by atoms with Gasteiger partial charge in [0, 0.05) is 24.4 Å². The molecule has 5 nitrogen and oxygen atoms in total. The van der Waals surface area contributed by atoms with Gasteiger partial charge >= 0.3 is 0 Å². The number of aryl methyl sites for hydroxylation is 2. The van der Waals surface area contributed by atoms with Crippen molar-refractivity contribution in [1.82, 2.24) is 15.1 Å². The molecule has 0 radical (unpaired) electrons. The molecule has 1 fully saturated rings. The summed E-state index contributed by atoms with van der Waals surface area (Å²) in [5.41, 5.74) is 3.15. The van der Waals surface area contributed by atoms with E-state index in [2.05, 4.69) is 10.4 Å². The fraction of sp³-hybridized carbons (Fsp3) is 0.364. The molecule has 1 N–H and O–H groups in total. The third kappa shape index (κ3) is 1.64. The van der Waals surface area contributed by atoms with Crippen molar-refractivity contribution in [3.05, 3.63) is 23.0 Å². The number of rotatable bonds is 1. The van der Waals surface area contributed by atoms with Crippen molar-refractivity contribution in [2.24, 2.45) is 7.05 Å². The molecule has 2 rings (SSSR count). The lowest BCUT2D eigenvalue weighted by Crippen LogP contribution is -2.19. The minimum Gasteiger partial charge on any atom is -0.292 e. The van der Waals surface area contributed by atoms with Gasteiger partial charge in [0.25, 0.3) is 5.91 Å². The highest BCUT2D eigenvalue weighted by molar-refractivity contribution is 6.17. The summed E-state index contributed by atoms with van der Waals surface area (Å²) in [5.74, 6) is -0.522. The maximum absolute atomic E-state index is 11.5. The van der Waals surface area contributed by atoms with Crippen LogP contribution in [0.5, 0.6) is 0 Å². The highest BCUT2D eigenvalue weighted by Gasteiger charge is 2.26. The quantitative estimate of drug-likeness (QED) is 0.554. The minimum atomic E-state index is -0.286. The van der Waals surface area contributed by atoms with Gasteiger partial charge in [0.2, 0.25) is 5.91 Å². The zero-order valence-corrected chi connectivity index (χ0v) is 9.50. The largest absolute Gasteiger partial charge is 0.292 e. The van der Waals surface area contributed by atoms with E-state index in [1.54, 1.807) is 4.68 Å². The molecule has 0 atom stereocenters. The molecule has 2 heterocycles. The van der Waals surface area contributed by atoms with Crippen molar-refractivity contribution in [3.63, 3.8) is 0 Å². The van der Waals surface area contributed by atoms with Crippen molar-refractivity contribution < 1.29 is 9.59 Å². The number of hydrogen-bond acceptors (Lipinski definition) is 3. The summed E-state index contributed by atoms with van der Waals surface area (Å²) in [7, 11) is 1.83. The lowest BCUT2D eigenvalue weighted by molar-refractivity contribution is -0.124. The molecular weight excluding hydrogens is 206 g/mol. The van der Waals surface area contributed by atoms with E-state index < -0.39 is 0 Å².